The minimum Gasteiger partial charge on any atom is -0.480 e. The summed E-state index contributed by atoms with van der Waals surface area (Å²) < 4.78 is 5.20. The van der Waals surface area contributed by atoms with Crippen molar-refractivity contribution in [3.05, 3.63) is 57.1 Å². The van der Waals surface area contributed by atoms with E-state index in [0.29, 0.717) is 23.2 Å². The van der Waals surface area contributed by atoms with Gasteiger partial charge in [0.1, 0.15) is 10.8 Å². The lowest BCUT2D eigenvalue weighted by molar-refractivity contribution is -0.139. The van der Waals surface area contributed by atoms with Gasteiger partial charge in [-0.15, -0.1) is 0 Å². The van der Waals surface area contributed by atoms with Crippen LogP contribution in [0.25, 0.3) is 0 Å². The van der Waals surface area contributed by atoms with Crippen molar-refractivity contribution in [3.63, 3.8) is 0 Å². The standard InChI is InChI=1S/C20H17Cl2NO5/c1-10(24)23-13-5-3-12(4-6-13)20(2)8-11-7-14(28-9-15(25)26)17(21)18(22)16(11)19(20)27/h3-7H,8-9H2,1-2H3,(H,23,24)(H,25,26)/t20-/m1/s1. The van der Waals surface area contributed by atoms with E-state index < -0.39 is 18.0 Å². The Kier molecular flexibility index (Phi) is 5.37. The number of rotatable bonds is 5. The number of halogens is 2. The first-order valence-electron chi connectivity index (χ1n) is 8.42. The maximum absolute atomic E-state index is 13.2. The van der Waals surface area contributed by atoms with Crippen LogP contribution in [0.2, 0.25) is 10.0 Å². The van der Waals surface area contributed by atoms with Crippen LogP contribution in [0.15, 0.2) is 30.3 Å². The minimum atomic E-state index is -1.15. The van der Waals surface area contributed by atoms with Crippen LogP contribution < -0.4 is 10.1 Å². The number of aliphatic carboxylic acids is 1. The van der Waals surface area contributed by atoms with Crippen molar-refractivity contribution in [2.75, 3.05) is 11.9 Å². The van der Waals surface area contributed by atoms with Gasteiger partial charge in [0.05, 0.1) is 10.4 Å². The number of benzene rings is 2. The molecule has 0 fully saturated rings. The molecule has 3 rings (SSSR count). The highest BCUT2D eigenvalue weighted by Crippen LogP contribution is 2.47. The number of carbonyl (C=O) groups is 3. The zero-order chi connectivity index (χ0) is 20.6. The number of carbonyl (C=O) groups excluding carboxylic acids is 2. The second-order valence-electron chi connectivity index (χ2n) is 6.82. The number of fused-ring (bicyclic) bond motifs is 1. The number of nitrogens with one attached hydrogen (secondary N) is 1. The molecule has 0 bridgehead atoms. The zero-order valence-corrected chi connectivity index (χ0v) is 16.6. The van der Waals surface area contributed by atoms with E-state index in [9.17, 15) is 14.4 Å². The number of Topliss-reactive ketones (excluding diaryl/α,β-unsaturated/α-hetero) is 1. The van der Waals surface area contributed by atoms with E-state index in [0.717, 1.165) is 5.56 Å². The Morgan fingerprint density at radius 3 is 2.43 bits per heavy atom. The van der Waals surface area contributed by atoms with E-state index in [2.05, 4.69) is 5.32 Å². The van der Waals surface area contributed by atoms with Gasteiger partial charge in [0.15, 0.2) is 12.4 Å². The third-order valence-electron chi connectivity index (χ3n) is 4.72. The van der Waals surface area contributed by atoms with Crippen molar-refractivity contribution in [2.45, 2.75) is 25.7 Å². The molecule has 1 aliphatic carbocycles. The fourth-order valence-corrected chi connectivity index (χ4v) is 3.88. The highest BCUT2D eigenvalue weighted by atomic mass is 35.5. The molecule has 1 amide bonds. The van der Waals surface area contributed by atoms with Crippen LogP contribution in [-0.4, -0.2) is 29.4 Å². The largest absolute Gasteiger partial charge is 0.480 e. The van der Waals surface area contributed by atoms with Gasteiger partial charge in [0.2, 0.25) is 5.91 Å². The number of carboxylic acid groups (broad SMARTS) is 1. The van der Waals surface area contributed by atoms with Crippen molar-refractivity contribution in [3.8, 4) is 5.75 Å². The van der Waals surface area contributed by atoms with Crippen LogP contribution in [0, 0.1) is 0 Å². The van der Waals surface area contributed by atoms with E-state index >= 15 is 0 Å². The number of ether oxygens (including phenoxy) is 1. The van der Waals surface area contributed by atoms with Gasteiger partial charge in [0, 0.05) is 18.2 Å². The molecular formula is C20H17Cl2NO5. The molecule has 146 valence electrons. The molecule has 2 aromatic rings. The number of hydrogen-bond donors (Lipinski definition) is 2. The Balaban J connectivity index is 1.97. The SMILES string of the molecule is CC(=O)Nc1ccc([C@@]2(C)Cc3cc(OCC(=O)O)c(Cl)c(Cl)c3C2=O)cc1. The predicted octanol–water partition coefficient (Wildman–Crippen LogP) is 4.11. The highest BCUT2D eigenvalue weighted by molar-refractivity contribution is 6.45. The quantitative estimate of drug-likeness (QED) is 0.757. The molecule has 0 aliphatic heterocycles. The summed E-state index contributed by atoms with van der Waals surface area (Å²) in [6.07, 6.45) is 0.362. The molecule has 6 nitrogen and oxygen atoms in total. The summed E-state index contributed by atoms with van der Waals surface area (Å²) in [5.41, 5.74) is 1.50. The summed E-state index contributed by atoms with van der Waals surface area (Å²) in [6, 6.07) is 8.60. The van der Waals surface area contributed by atoms with Gasteiger partial charge in [-0.3, -0.25) is 9.59 Å². The number of anilines is 1. The molecule has 2 N–H and O–H groups in total. The fraction of sp³-hybridized carbons (Fsp3) is 0.250. The van der Waals surface area contributed by atoms with E-state index in [1.165, 1.54) is 6.92 Å². The third-order valence-corrected chi connectivity index (χ3v) is 5.57. The number of carboxylic acids is 1. The Labute approximate surface area is 171 Å². The molecule has 0 spiro atoms. The van der Waals surface area contributed by atoms with Gasteiger partial charge in [-0.1, -0.05) is 35.3 Å². The first-order chi connectivity index (χ1) is 13.1. The smallest absolute Gasteiger partial charge is 0.341 e. The Hall–Kier alpha value is -2.57. The summed E-state index contributed by atoms with van der Waals surface area (Å²) in [5, 5.41) is 11.6. The van der Waals surface area contributed by atoms with Gasteiger partial charge in [-0.25, -0.2) is 4.79 Å². The lowest BCUT2D eigenvalue weighted by Gasteiger charge is -2.23. The minimum absolute atomic E-state index is 0.0141. The van der Waals surface area contributed by atoms with Gasteiger partial charge >= 0.3 is 5.97 Å². The number of amides is 1. The lowest BCUT2D eigenvalue weighted by atomic mass is 9.79. The van der Waals surface area contributed by atoms with Gasteiger partial charge in [0.25, 0.3) is 0 Å². The maximum atomic E-state index is 13.2. The van der Waals surface area contributed by atoms with E-state index in [-0.39, 0.29) is 27.5 Å². The lowest BCUT2D eigenvalue weighted by Crippen LogP contribution is -2.29. The highest BCUT2D eigenvalue weighted by Gasteiger charge is 2.45. The van der Waals surface area contributed by atoms with Gasteiger partial charge in [-0.05, 0) is 42.7 Å². The Morgan fingerprint density at radius 1 is 1.21 bits per heavy atom. The van der Waals surface area contributed by atoms with Crippen LogP contribution in [0.1, 0.15) is 35.3 Å². The molecular weight excluding hydrogens is 405 g/mol. The zero-order valence-electron chi connectivity index (χ0n) is 15.1. The Bertz CT molecular complexity index is 987. The molecule has 0 heterocycles. The second-order valence-corrected chi connectivity index (χ2v) is 7.57. The fourth-order valence-electron chi connectivity index (χ4n) is 3.38. The molecule has 0 saturated carbocycles. The van der Waals surface area contributed by atoms with Crippen molar-refractivity contribution in [2.24, 2.45) is 0 Å². The molecule has 0 saturated heterocycles. The van der Waals surface area contributed by atoms with Crippen molar-refractivity contribution in [1.82, 2.24) is 0 Å². The van der Waals surface area contributed by atoms with Crippen molar-refractivity contribution < 1.29 is 24.2 Å². The molecule has 0 unspecified atom stereocenters. The van der Waals surface area contributed by atoms with Crippen LogP contribution in [0.5, 0.6) is 5.75 Å². The normalized spacial score (nSPS) is 17.9. The van der Waals surface area contributed by atoms with Crippen molar-refractivity contribution in [1.29, 1.82) is 0 Å². The van der Waals surface area contributed by atoms with Crippen LogP contribution in [-0.2, 0) is 21.4 Å². The summed E-state index contributed by atoms with van der Waals surface area (Å²) in [5.74, 6) is -1.37. The van der Waals surface area contributed by atoms with E-state index in [4.69, 9.17) is 33.0 Å². The van der Waals surface area contributed by atoms with Gasteiger partial charge in [-0.2, -0.15) is 0 Å². The molecule has 1 atom stereocenters. The number of ketones is 1. The van der Waals surface area contributed by atoms with Crippen LogP contribution in [0.3, 0.4) is 0 Å². The van der Waals surface area contributed by atoms with Gasteiger partial charge < -0.3 is 15.2 Å². The topological polar surface area (TPSA) is 92.7 Å². The molecule has 2 aromatic carbocycles. The molecule has 8 heteroatoms. The monoisotopic (exact) mass is 421 g/mol. The number of hydrogen-bond acceptors (Lipinski definition) is 4. The van der Waals surface area contributed by atoms with Crippen LogP contribution in [0.4, 0.5) is 5.69 Å². The summed E-state index contributed by atoms with van der Waals surface area (Å²) in [7, 11) is 0. The van der Waals surface area contributed by atoms with E-state index in [1.807, 2.05) is 6.92 Å². The average molecular weight is 422 g/mol. The molecule has 28 heavy (non-hydrogen) atoms. The molecule has 1 aliphatic rings. The van der Waals surface area contributed by atoms with Crippen LogP contribution >= 0.6 is 23.2 Å². The first kappa shape index (κ1) is 20.2. The summed E-state index contributed by atoms with van der Waals surface area (Å²) in [6.45, 7) is 2.66. The summed E-state index contributed by atoms with van der Waals surface area (Å²) in [4.78, 5) is 35.1. The third kappa shape index (κ3) is 3.57. The molecule has 0 radical (unpaired) electrons. The maximum Gasteiger partial charge on any atom is 0.341 e. The average Bonchev–Trinajstić information content (AvgIpc) is 2.88. The Morgan fingerprint density at radius 2 is 1.86 bits per heavy atom. The molecule has 0 aromatic heterocycles. The van der Waals surface area contributed by atoms with E-state index in [1.54, 1.807) is 30.3 Å². The second kappa shape index (κ2) is 7.45. The van der Waals surface area contributed by atoms with Crippen molar-refractivity contribution >= 4 is 46.5 Å². The first-order valence-corrected chi connectivity index (χ1v) is 9.17. The predicted molar refractivity (Wildman–Crippen MR) is 106 cm³/mol. The summed E-state index contributed by atoms with van der Waals surface area (Å²) >= 11 is 12.5.